The van der Waals surface area contributed by atoms with E-state index in [1.54, 1.807) is 25.1 Å². The van der Waals surface area contributed by atoms with Gasteiger partial charge in [-0.25, -0.2) is 0 Å². The number of carbonyl (C=O) groups is 2. The Morgan fingerprint density at radius 3 is 2.42 bits per heavy atom. The number of benzene rings is 2. The molecular formula is C19H22N2O3. The molecule has 0 saturated heterocycles. The number of hydrogen-bond donors (Lipinski definition) is 2. The van der Waals surface area contributed by atoms with Gasteiger partial charge in [0.1, 0.15) is 6.04 Å². The number of rotatable bonds is 6. The van der Waals surface area contributed by atoms with Crippen molar-refractivity contribution in [3.63, 3.8) is 0 Å². The molecule has 0 unspecified atom stereocenters. The number of carbonyl (C=O) groups excluding carboxylic acids is 2. The van der Waals surface area contributed by atoms with Gasteiger partial charge in [0.2, 0.25) is 0 Å². The standard InChI is InChI=1S/C19H22N2O3/c1-3-24-19(23)17(20)12-14-8-10-15(11-9-14)21-18(22)16-7-5-4-6-13(16)2/h4-11,17H,3,12,20H2,1-2H3,(H,21,22)/t17-/m0/s1. The van der Waals surface area contributed by atoms with Crippen molar-refractivity contribution in [1.82, 2.24) is 0 Å². The maximum absolute atomic E-state index is 12.3. The smallest absolute Gasteiger partial charge is 0.323 e. The summed E-state index contributed by atoms with van der Waals surface area (Å²) in [4.78, 5) is 23.8. The average Bonchev–Trinajstić information content (AvgIpc) is 2.57. The molecule has 0 fully saturated rings. The molecule has 0 aromatic heterocycles. The lowest BCUT2D eigenvalue weighted by Gasteiger charge is -2.11. The van der Waals surface area contributed by atoms with Crippen LogP contribution in [0.1, 0.15) is 28.4 Å². The van der Waals surface area contributed by atoms with E-state index in [2.05, 4.69) is 5.32 Å². The van der Waals surface area contributed by atoms with Crippen LogP contribution >= 0.6 is 0 Å². The normalized spacial score (nSPS) is 11.6. The summed E-state index contributed by atoms with van der Waals surface area (Å²) in [5, 5.41) is 2.86. The van der Waals surface area contributed by atoms with Gasteiger partial charge in [-0.2, -0.15) is 0 Å². The van der Waals surface area contributed by atoms with Crippen molar-refractivity contribution in [3.05, 3.63) is 65.2 Å². The zero-order valence-electron chi connectivity index (χ0n) is 13.9. The number of nitrogens with two attached hydrogens (primary N) is 1. The summed E-state index contributed by atoms with van der Waals surface area (Å²) in [6.07, 6.45) is 0.394. The monoisotopic (exact) mass is 326 g/mol. The average molecular weight is 326 g/mol. The fraction of sp³-hybridized carbons (Fsp3) is 0.263. The van der Waals surface area contributed by atoms with Crippen LogP contribution in [0, 0.1) is 6.92 Å². The lowest BCUT2D eigenvalue weighted by atomic mass is 10.1. The van der Waals surface area contributed by atoms with Gasteiger partial charge >= 0.3 is 5.97 Å². The van der Waals surface area contributed by atoms with Gasteiger partial charge in [-0.05, 0) is 49.6 Å². The number of ether oxygens (including phenoxy) is 1. The molecule has 0 saturated carbocycles. The first-order chi connectivity index (χ1) is 11.5. The summed E-state index contributed by atoms with van der Waals surface area (Å²) < 4.78 is 4.89. The number of nitrogens with one attached hydrogen (secondary N) is 1. The summed E-state index contributed by atoms with van der Waals surface area (Å²) in [6.45, 7) is 3.96. The predicted molar refractivity (Wildman–Crippen MR) is 93.9 cm³/mol. The van der Waals surface area contributed by atoms with E-state index in [1.165, 1.54) is 0 Å². The molecule has 126 valence electrons. The number of aryl methyl sites for hydroxylation is 1. The van der Waals surface area contributed by atoms with Gasteiger partial charge < -0.3 is 15.8 Å². The first-order valence-corrected chi connectivity index (χ1v) is 7.89. The third-order valence-electron chi connectivity index (χ3n) is 3.65. The van der Waals surface area contributed by atoms with Crippen LogP contribution in [-0.2, 0) is 16.0 Å². The molecule has 2 aromatic rings. The first-order valence-electron chi connectivity index (χ1n) is 7.89. The van der Waals surface area contributed by atoms with Crippen LogP contribution in [-0.4, -0.2) is 24.5 Å². The van der Waals surface area contributed by atoms with Crippen LogP contribution in [0.3, 0.4) is 0 Å². The molecule has 1 atom stereocenters. The summed E-state index contributed by atoms with van der Waals surface area (Å²) in [7, 11) is 0. The molecule has 2 rings (SSSR count). The Labute approximate surface area is 141 Å². The van der Waals surface area contributed by atoms with E-state index in [0.29, 0.717) is 24.3 Å². The minimum Gasteiger partial charge on any atom is -0.465 e. The van der Waals surface area contributed by atoms with Gasteiger partial charge in [0, 0.05) is 11.3 Å². The molecule has 0 aliphatic carbocycles. The second-order valence-corrected chi connectivity index (χ2v) is 5.53. The van der Waals surface area contributed by atoms with Crippen molar-refractivity contribution in [2.24, 2.45) is 5.73 Å². The lowest BCUT2D eigenvalue weighted by molar-refractivity contribution is -0.144. The van der Waals surface area contributed by atoms with Crippen LogP contribution in [0.2, 0.25) is 0 Å². The first kappa shape index (κ1) is 17.7. The van der Waals surface area contributed by atoms with E-state index in [0.717, 1.165) is 11.1 Å². The largest absolute Gasteiger partial charge is 0.465 e. The Hall–Kier alpha value is -2.66. The summed E-state index contributed by atoms with van der Waals surface area (Å²) in [6, 6.07) is 14.0. The van der Waals surface area contributed by atoms with Crippen molar-refractivity contribution in [2.75, 3.05) is 11.9 Å². The van der Waals surface area contributed by atoms with Crippen LogP contribution < -0.4 is 11.1 Å². The van der Waals surface area contributed by atoms with Gasteiger partial charge in [0.05, 0.1) is 6.61 Å². The molecule has 24 heavy (non-hydrogen) atoms. The van der Waals surface area contributed by atoms with E-state index < -0.39 is 12.0 Å². The minimum absolute atomic E-state index is 0.149. The molecule has 3 N–H and O–H groups in total. The highest BCUT2D eigenvalue weighted by molar-refractivity contribution is 6.05. The van der Waals surface area contributed by atoms with Gasteiger partial charge in [0.25, 0.3) is 5.91 Å². The van der Waals surface area contributed by atoms with Gasteiger partial charge in [-0.1, -0.05) is 30.3 Å². The zero-order valence-corrected chi connectivity index (χ0v) is 13.9. The fourth-order valence-corrected chi connectivity index (χ4v) is 2.34. The Morgan fingerprint density at radius 2 is 1.79 bits per heavy atom. The van der Waals surface area contributed by atoms with E-state index in [1.807, 2.05) is 37.3 Å². The van der Waals surface area contributed by atoms with Crippen LogP contribution in [0.25, 0.3) is 0 Å². The summed E-state index contributed by atoms with van der Waals surface area (Å²) >= 11 is 0. The second kappa shape index (κ2) is 8.26. The van der Waals surface area contributed by atoms with Crippen molar-refractivity contribution >= 4 is 17.6 Å². The highest BCUT2D eigenvalue weighted by Gasteiger charge is 2.15. The topological polar surface area (TPSA) is 81.4 Å². The lowest BCUT2D eigenvalue weighted by Crippen LogP contribution is -2.34. The molecule has 0 aliphatic rings. The zero-order chi connectivity index (χ0) is 17.5. The Kier molecular flexibility index (Phi) is 6.09. The third kappa shape index (κ3) is 4.67. The van der Waals surface area contributed by atoms with Crippen molar-refractivity contribution < 1.29 is 14.3 Å². The second-order valence-electron chi connectivity index (χ2n) is 5.53. The highest BCUT2D eigenvalue weighted by Crippen LogP contribution is 2.14. The van der Waals surface area contributed by atoms with Crippen LogP contribution in [0.15, 0.2) is 48.5 Å². The van der Waals surface area contributed by atoms with Gasteiger partial charge in [-0.15, -0.1) is 0 Å². The SMILES string of the molecule is CCOC(=O)[C@@H](N)Cc1ccc(NC(=O)c2ccccc2C)cc1. The van der Waals surface area contributed by atoms with Gasteiger partial charge in [-0.3, -0.25) is 9.59 Å². The molecule has 0 heterocycles. The van der Waals surface area contributed by atoms with Crippen molar-refractivity contribution in [2.45, 2.75) is 26.3 Å². The molecule has 0 radical (unpaired) electrons. The third-order valence-corrected chi connectivity index (χ3v) is 3.65. The Balaban J connectivity index is 1.98. The number of amides is 1. The van der Waals surface area contributed by atoms with E-state index in [9.17, 15) is 9.59 Å². The van der Waals surface area contributed by atoms with Crippen LogP contribution in [0.5, 0.6) is 0 Å². The maximum Gasteiger partial charge on any atom is 0.323 e. The number of esters is 1. The molecule has 0 aliphatic heterocycles. The van der Waals surface area contributed by atoms with E-state index in [-0.39, 0.29) is 5.91 Å². The van der Waals surface area contributed by atoms with Crippen molar-refractivity contribution in [3.8, 4) is 0 Å². The summed E-state index contributed by atoms with van der Waals surface area (Å²) in [5.41, 5.74) is 8.97. The molecule has 1 amide bonds. The Bertz CT molecular complexity index is 711. The van der Waals surface area contributed by atoms with E-state index in [4.69, 9.17) is 10.5 Å². The molecular weight excluding hydrogens is 304 g/mol. The van der Waals surface area contributed by atoms with Gasteiger partial charge in [0.15, 0.2) is 0 Å². The van der Waals surface area contributed by atoms with E-state index >= 15 is 0 Å². The number of hydrogen-bond acceptors (Lipinski definition) is 4. The molecule has 5 nitrogen and oxygen atoms in total. The van der Waals surface area contributed by atoms with Crippen LogP contribution in [0.4, 0.5) is 5.69 Å². The molecule has 0 spiro atoms. The quantitative estimate of drug-likeness (QED) is 0.800. The Morgan fingerprint density at radius 1 is 1.12 bits per heavy atom. The molecule has 0 bridgehead atoms. The predicted octanol–water partition coefficient (Wildman–Crippen LogP) is 2.68. The maximum atomic E-state index is 12.3. The summed E-state index contributed by atoms with van der Waals surface area (Å²) in [5.74, 6) is -0.557. The fourth-order valence-electron chi connectivity index (χ4n) is 2.34. The number of anilines is 1. The highest BCUT2D eigenvalue weighted by atomic mass is 16.5. The minimum atomic E-state index is -0.683. The van der Waals surface area contributed by atoms with Crippen molar-refractivity contribution in [1.29, 1.82) is 0 Å². The molecule has 2 aromatic carbocycles. The molecule has 5 heteroatoms.